The average Bonchev–Trinajstić information content (AvgIpc) is 2.83. The summed E-state index contributed by atoms with van der Waals surface area (Å²) < 4.78 is 19.8. The van der Waals surface area contributed by atoms with Crippen molar-refractivity contribution >= 4 is 16.7 Å². The Morgan fingerprint density at radius 2 is 1.81 bits per heavy atom. The van der Waals surface area contributed by atoms with E-state index in [4.69, 9.17) is 10.00 Å². The SMILES string of the molecule is CCCCC1CCC(c2ccc(C(=O)Oc3ccc4c(F)c(C#N)ccc4c3)cc2)CC1. The van der Waals surface area contributed by atoms with Crippen molar-refractivity contribution in [2.45, 2.75) is 57.8 Å². The lowest BCUT2D eigenvalue weighted by Gasteiger charge is -2.28. The average molecular weight is 430 g/mol. The van der Waals surface area contributed by atoms with Gasteiger partial charge in [0.15, 0.2) is 0 Å². The molecule has 3 nitrogen and oxygen atoms in total. The fourth-order valence-electron chi connectivity index (χ4n) is 4.75. The second kappa shape index (κ2) is 9.96. The molecule has 1 aliphatic carbocycles. The van der Waals surface area contributed by atoms with Crippen LogP contribution in [0.15, 0.2) is 54.6 Å². The first-order chi connectivity index (χ1) is 15.6. The highest BCUT2D eigenvalue weighted by Gasteiger charge is 2.22. The number of hydrogen-bond acceptors (Lipinski definition) is 3. The number of unbranched alkanes of at least 4 members (excludes halogenated alkanes) is 1. The Balaban J connectivity index is 1.39. The summed E-state index contributed by atoms with van der Waals surface area (Å²) >= 11 is 0. The van der Waals surface area contributed by atoms with Crippen LogP contribution in [0.5, 0.6) is 5.75 Å². The molecule has 0 atom stereocenters. The molecule has 1 aliphatic rings. The highest BCUT2D eigenvalue weighted by Crippen LogP contribution is 2.37. The van der Waals surface area contributed by atoms with Crippen LogP contribution in [0, 0.1) is 23.1 Å². The van der Waals surface area contributed by atoms with Crippen molar-refractivity contribution in [2.24, 2.45) is 5.92 Å². The highest BCUT2D eigenvalue weighted by atomic mass is 19.1. The molecule has 1 saturated carbocycles. The van der Waals surface area contributed by atoms with Gasteiger partial charge in [0, 0.05) is 5.39 Å². The fraction of sp³-hybridized carbons (Fsp3) is 0.357. The summed E-state index contributed by atoms with van der Waals surface area (Å²) in [7, 11) is 0. The van der Waals surface area contributed by atoms with Crippen LogP contribution >= 0.6 is 0 Å². The van der Waals surface area contributed by atoms with Gasteiger partial charge >= 0.3 is 5.97 Å². The van der Waals surface area contributed by atoms with E-state index in [0.717, 1.165) is 5.92 Å². The van der Waals surface area contributed by atoms with Crippen molar-refractivity contribution in [3.05, 3.63) is 77.1 Å². The number of halogens is 1. The van der Waals surface area contributed by atoms with Gasteiger partial charge in [0.2, 0.25) is 0 Å². The molecule has 4 heteroatoms. The molecule has 0 unspecified atom stereocenters. The van der Waals surface area contributed by atoms with E-state index in [1.54, 1.807) is 18.2 Å². The lowest BCUT2D eigenvalue weighted by molar-refractivity contribution is 0.0735. The van der Waals surface area contributed by atoms with Crippen molar-refractivity contribution < 1.29 is 13.9 Å². The quantitative estimate of drug-likeness (QED) is 0.300. The number of nitriles is 1. The molecule has 0 N–H and O–H groups in total. The predicted molar refractivity (Wildman–Crippen MR) is 124 cm³/mol. The number of carbonyl (C=O) groups is 1. The highest BCUT2D eigenvalue weighted by molar-refractivity contribution is 5.92. The number of carbonyl (C=O) groups excluding carboxylic acids is 1. The molecule has 32 heavy (non-hydrogen) atoms. The number of hydrogen-bond donors (Lipinski definition) is 0. The molecular weight excluding hydrogens is 401 g/mol. The smallest absolute Gasteiger partial charge is 0.343 e. The Labute approximate surface area is 188 Å². The van der Waals surface area contributed by atoms with E-state index in [2.05, 4.69) is 6.92 Å². The summed E-state index contributed by atoms with van der Waals surface area (Å²) in [5.74, 6) is 0.807. The zero-order valence-corrected chi connectivity index (χ0v) is 18.4. The molecule has 0 heterocycles. The van der Waals surface area contributed by atoms with Gasteiger partial charge in [-0.05, 0) is 84.9 Å². The summed E-state index contributed by atoms with van der Waals surface area (Å²) in [6, 6.07) is 17.4. The number of ether oxygens (including phenoxy) is 1. The van der Waals surface area contributed by atoms with Gasteiger partial charge in [-0.15, -0.1) is 0 Å². The maximum Gasteiger partial charge on any atom is 0.343 e. The molecule has 4 rings (SSSR count). The summed E-state index contributed by atoms with van der Waals surface area (Å²) in [6.45, 7) is 2.25. The van der Waals surface area contributed by atoms with Gasteiger partial charge in [-0.3, -0.25) is 0 Å². The minimum atomic E-state index is -0.558. The lowest BCUT2D eigenvalue weighted by Crippen LogP contribution is -2.14. The Morgan fingerprint density at radius 1 is 1.06 bits per heavy atom. The van der Waals surface area contributed by atoms with Crippen LogP contribution in [0.25, 0.3) is 10.8 Å². The molecule has 3 aromatic rings. The Kier molecular flexibility index (Phi) is 6.85. The first-order valence-electron chi connectivity index (χ1n) is 11.5. The number of esters is 1. The molecule has 0 amide bonds. The monoisotopic (exact) mass is 429 g/mol. The van der Waals surface area contributed by atoms with E-state index < -0.39 is 11.8 Å². The molecule has 0 bridgehead atoms. The van der Waals surface area contributed by atoms with Crippen LogP contribution in [-0.2, 0) is 0 Å². The van der Waals surface area contributed by atoms with Crippen molar-refractivity contribution in [1.82, 2.24) is 0 Å². The Bertz CT molecular complexity index is 1140. The molecule has 164 valence electrons. The second-order valence-corrected chi connectivity index (χ2v) is 8.79. The molecule has 0 saturated heterocycles. The van der Waals surface area contributed by atoms with Crippen LogP contribution in [0.1, 0.15) is 79.3 Å². The van der Waals surface area contributed by atoms with Crippen LogP contribution in [-0.4, -0.2) is 5.97 Å². The summed E-state index contributed by atoms with van der Waals surface area (Å²) in [6.07, 6.45) is 9.00. The van der Waals surface area contributed by atoms with Crippen molar-refractivity contribution in [3.63, 3.8) is 0 Å². The van der Waals surface area contributed by atoms with Crippen molar-refractivity contribution in [1.29, 1.82) is 5.26 Å². The van der Waals surface area contributed by atoms with Crippen molar-refractivity contribution in [3.8, 4) is 11.8 Å². The normalized spacial score (nSPS) is 18.3. The molecule has 0 aliphatic heterocycles. The molecule has 0 aromatic heterocycles. The zero-order chi connectivity index (χ0) is 22.5. The minimum absolute atomic E-state index is 0.00298. The van der Waals surface area contributed by atoms with E-state index in [9.17, 15) is 9.18 Å². The minimum Gasteiger partial charge on any atom is -0.423 e. The van der Waals surface area contributed by atoms with E-state index in [1.165, 1.54) is 62.6 Å². The van der Waals surface area contributed by atoms with E-state index in [1.807, 2.05) is 30.3 Å². The summed E-state index contributed by atoms with van der Waals surface area (Å²) in [5, 5.41) is 9.87. The second-order valence-electron chi connectivity index (χ2n) is 8.79. The van der Waals surface area contributed by atoms with Crippen LogP contribution < -0.4 is 4.74 Å². The van der Waals surface area contributed by atoms with Crippen LogP contribution in [0.2, 0.25) is 0 Å². The van der Waals surface area contributed by atoms with Crippen LogP contribution in [0.3, 0.4) is 0 Å². The predicted octanol–water partition coefficient (Wildman–Crippen LogP) is 7.53. The standard InChI is InChI=1S/C28H28FNO2/c1-2-3-4-19-5-7-20(8-6-19)21-9-11-22(12-10-21)28(31)32-25-15-16-26-23(17-25)13-14-24(18-30)27(26)29/h9-17,19-20H,2-8H2,1H3. The third kappa shape index (κ3) is 4.83. The number of rotatable bonds is 6. The summed E-state index contributed by atoms with van der Waals surface area (Å²) in [5.41, 5.74) is 1.79. The maximum atomic E-state index is 14.3. The van der Waals surface area contributed by atoms with Gasteiger partial charge < -0.3 is 4.74 Å². The first-order valence-corrected chi connectivity index (χ1v) is 11.5. The lowest BCUT2D eigenvalue weighted by atomic mass is 9.77. The van der Waals surface area contributed by atoms with E-state index >= 15 is 0 Å². The molecule has 3 aromatic carbocycles. The van der Waals surface area contributed by atoms with Gasteiger partial charge in [0.05, 0.1) is 11.1 Å². The number of benzene rings is 3. The zero-order valence-electron chi connectivity index (χ0n) is 18.4. The van der Waals surface area contributed by atoms with Crippen molar-refractivity contribution in [2.75, 3.05) is 0 Å². The molecular formula is C28H28FNO2. The van der Waals surface area contributed by atoms with Gasteiger partial charge in [-0.1, -0.05) is 44.4 Å². The Morgan fingerprint density at radius 3 is 2.50 bits per heavy atom. The van der Waals surface area contributed by atoms with Gasteiger partial charge in [0.1, 0.15) is 17.6 Å². The van der Waals surface area contributed by atoms with Gasteiger partial charge in [-0.2, -0.15) is 5.26 Å². The van der Waals surface area contributed by atoms with Gasteiger partial charge in [0.25, 0.3) is 0 Å². The van der Waals surface area contributed by atoms with Crippen LogP contribution in [0.4, 0.5) is 4.39 Å². The first kappa shape index (κ1) is 22.0. The maximum absolute atomic E-state index is 14.3. The van der Waals surface area contributed by atoms with E-state index in [0.29, 0.717) is 28.0 Å². The molecule has 0 radical (unpaired) electrons. The topological polar surface area (TPSA) is 50.1 Å². The largest absolute Gasteiger partial charge is 0.423 e. The third-order valence-corrected chi connectivity index (χ3v) is 6.69. The summed E-state index contributed by atoms with van der Waals surface area (Å²) in [4.78, 5) is 12.6. The Hall–Kier alpha value is -3.19. The fourth-order valence-corrected chi connectivity index (χ4v) is 4.75. The number of fused-ring (bicyclic) bond motifs is 1. The molecule has 1 fully saturated rings. The number of nitrogens with zero attached hydrogens (tertiary/aromatic N) is 1. The van der Waals surface area contributed by atoms with Gasteiger partial charge in [-0.25, -0.2) is 9.18 Å². The van der Waals surface area contributed by atoms with E-state index in [-0.39, 0.29) is 5.56 Å². The third-order valence-electron chi connectivity index (χ3n) is 6.69. The molecule has 0 spiro atoms.